The molecule has 0 amide bonds. The van der Waals surface area contributed by atoms with Crippen LogP contribution >= 0.6 is 0 Å². The van der Waals surface area contributed by atoms with Crippen LogP contribution in [0.5, 0.6) is 0 Å². The van der Waals surface area contributed by atoms with Crippen LogP contribution in [-0.4, -0.2) is 28.0 Å². The van der Waals surface area contributed by atoms with E-state index in [-0.39, 0.29) is 0 Å². The van der Waals surface area contributed by atoms with Crippen molar-refractivity contribution in [3.63, 3.8) is 0 Å². The smallest absolute Gasteiger partial charge is 0.179 e. The van der Waals surface area contributed by atoms with Gasteiger partial charge in [-0.2, -0.15) is 0 Å². The van der Waals surface area contributed by atoms with E-state index in [1.807, 2.05) is 6.07 Å². The Hall–Kier alpha value is -1.62. The first-order chi connectivity index (χ1) is 7.33. The Morgan fingerprint density at radius 1 is 1.33 bits per heavy atom. The van der Waals surface area contributed by atoms with Crippen molar-refractivity contribution in [3.8, 4) is 0 Å². The van der Waals surface area contributed by atoms with Crippen molar-refractivity contribution in [1.29, 1.82) is 0 Å². The number of pyridine rings is 1. The first-order valence-electron chi connectivity index (χ1n) is 5.16. The SMILES string of the molecule is Nc1ccc2[nH]c(C3CCNC3)nc2n1. The molecule has 1 atom stereocenters. The molecule has 1 aliphatic rings. The molecule has 5 nitrogen and oxygen atoms in total. The van der Waals surface area contributed by atoms with Crippen LogP contribution < -0.4 is 11.1 Å². The molecule has 0 aromatic carbocycles. The Balaban J connectivity index is 2.05. The number of imidazole rings is 1. The highest BCUT2D eigenvalue weighted by Gasteiger charge is 2.20. The summed E-state index contributed by atoms with van der Waals surface area (Å²) in [5.41, 5.74) is 7.29. The van der Waals surface area contributed by atoms with Crippen LogP contribution in [0.3, 0.4) is 0 Å². The number of aromatic nitrogens is 3. The summed E-state index contributed by atoms with van der Waals surface area (Å²) in [6.07, 6.45) is 1.13. The molecular weight excluding hydrogens is 190 g/mol. The third kappa shape index (κ3) is 1.45. The van der Waals surface area contributed by atoms with Gasteiger partial charge >= 0.3 is 0 Å². The van der Waals surface area contributed by atoms with E-state index < -0.39 is 0 Å². The first-order valence-corrected chi connectivity index (χ1v) is 5.16. The number of hydrogen-bond acceptors (Lipinski definition) is 4. The monoisotopic (exact) mass is 203 g/mol. The molecule has 4 N–H and O–H groups in total. The second kappa shape index (κ2) is 3.20. The molecule has 0 spiro atoms. The molecule has 1 aliphatic heterocycles. The minimum atomic E-state index is 0.487. The summed E-state index contributed by atoms with van der Waals surface area (Å²) in [7, 11) is 0. The van der Waals surface area contributed by atoms with Gasteiger partial charge in [-0.1, -0.05) is 0 Å². The van der Waals surface area contributed by atoms with Gasteiger partial charge in [-0.15, -0.1) is 0 Å². The van der Waals surface area contributed by atoms with E-state index >= 15 is 0 Å². The molecule has 0 radical (unpaired) electrons. The van der Waals surface area contributed by atoms with Crippen LogP contribution in [0.4, 0.5) is 5.82 Å². The predicted molar refractivity (Wildman–Crippen MR) is 58.5 cm³/mol. The van der Waals surface area contributed by atoms with Crippen LogP contribution in [0.1, 0.15) is 18.2 Å². The summed E-state index contributed by atoms with van der Waals surface area (Å²) >= 11 is 0. The van der Waals surface area contributed by atoms with E-state index in [2.05, 4.69) is 20.3 Å². The van der Waals surface area contributed by atoms with Crippen molar-refractivity contribution in [2.45, 2.75) is 12.3 Å². The molecule has 0 bridgehead atoms. The number of hydrogen-bond donors (Lipinski definition) is 3. The molecule has 1 unspecified atom stereocenters. The van der Waals surface area contributed by atoms with Gasteiger partial charge in [0.25, 0.3) is 0 Å². The summed E-state index contributed by atoms with van der Waals surface area (Å²) in [4.78, 5) is 11.9. The average molecular weight is 203 g/mol. The fraction of sp³-hybridized carbons (Fsp3) is 0.400. The number of nitrogens with one attached hydrogen (secondary N) is 2. The van der Waals surface area contributed by atoms with Gasteiger partial charge < -0.3 is 16.0 Å². The molecule has 2 aromatic heterocycles. The molecule has 0 aliphatic carbocycles. The lowest BCUT2D eigenvalue weighted by atomic mass is 10.1. The van der Waals surface area contributed by atoms with Gasteiger partial charge in [0.2, 0.25) is 0 Å². The first kappa shape index (κ1) is 8.67. The fourth-order valence-corrected chi connectivity index (χ4v) is 2.01. The summed E-state index contributed by atoms with van der Waals surface area (Å²) in [5, 5.41) is 3.32. The quantitative estimate of drug-likeness (QED) is 0.634. The Kier molecular flexibility index (Phi) is 1.85. The second-order valence-corrected chi connectivity index (χ2v) is 3.92. The molecule has 5 heteroatoms. The van der Waals surface area contributed by atoms with Crippen molar-refractivity contribution < 1.29 is 0 Å². The molecule has 15 heavy (non-hydrogen) atoms. The number of fused-ring (bicyclic) bond motifs is 1. The van der Waals surface area contributed by atoms with Crippen LogP contribution in [0.15, 0.2) is 12.1 Å². The maximum Gasteiger partial charge on any atom is 0.179 e. The summed E-state index contributed by atoms with van der Waals surface area (Å²) in [5.74, 6) is 2.03. The second-order valence-electron chi connectivity index (χ2n) is 3.92. The summed E-state index contributed by atoms with van der Waals surface area (Å²) in [6, 6.07) is 3.72. The number of rotatable bonds is 1. The Bertz CT molecular complexity index is 484. The third-order valence-corrected chi connectivity index (χ3v) is 2.83. The zero-order valence-corrected chi connectivity index (χ0v) is 8.33. The van der Waals surface area contributed by atoms with Crippen molar-refractivity contribution in [2.24, 2.45) is 0 Å². The Morgan fingerprint density at radius 2 is 2.27 bits per heavy atom. The number of nitrogen functional groups attached to an aromatic ring is 1. The minimum Gasteiger partial charge on any atom is -0.384 e. The van der Waals surface area contributed by atoms with Crippen molar-refractivity contribution >= 4 is 17.0 Å². The van der Waals surface area contributed by atoms with Gasteiger partial charge in [0.05, 0.1) is 5.52 Å². The van der Waals surface area contributed by atoms with Crippen LogP contribution in [0.2, 0.25) is 0 Å². The topological polar surface area (TPSA) is 79.6 Å². The number of aromatic amines is 1. The highest BCUT2D eigenvalue weighted by molar-refractivity contribution is 5.72. The molecule has 0 saturated carbocycles. The molecular formula is C10H13N5. The average Bonchev–Trinajstić information content (AvgIpc) is 2.84. The van der Waals surface area contributed by atoms with Crippen molar-refractivity contribution in [3.05, 3.63) is 18.0 Å². The standard InChI is InChI=1S/C10H13N5/c11-8-2-1-7-10(14-8)15-9(13-7)6-3-4-12-5-6/h1-2,6,12H,3-5H2,(H3,11,13,14,15). The third-order valence-electron chi connectivity index (χ3n) is 2.83. The van der Waals surface area contributed by atoms with Crippen molar-refractivity contribution in [1.82, 2.24) is 20.3 Å². The van der Waals surface area contributed by atoms with Crippen LogP contribution in [0.25, 0.3) is 11.2 Å². The Morgan fingerprint density at radius 3 is 3.07 bits per heavy atom. The van der Waals surface area contributed by atoms with Crippen molar-refractivity contribution in [2.75, 3.05) is 18.8 Å². The van der Waals surface area contributed by atoms with E-state index in [0.717, 1.165) is 36.5 Å². The van der Waals surface area contributed by atoms with E-state index in [9.17, 15) is 0 Å². The molecule has 1 fully saturated rings. The summed E-state index contributed by atoms with van der Waals surface area (Å²) in [6.45, 7) is 2.06. The van der Waals surface area contributed by atoms with E-state index in [4.69, 9.17) is 5.73 Å². The maximum atomic E-state index is 5.61. The van der Waals surface area contributed by atoms with E-state index in [1.165, 1.54) is 0 Å². The van der Waals surface area contributed by atoms with Gasteiger partial charge in [-0.3, -0.25) is 0 Å². The molecule has 1 saturated heterocycles. The minimum absolute atomic E-state index is 0.487. The lowest BCUT2D eigenvalue weighted by Gasteiger charge is -2.01. The maximum absolute atomic E-state index is 5.61. The van der Waals surface area contributed by atoms with Gasteiger partial charge in [0.15, 0.2) is 5.65 Å². The van der Waals surface area contributed by atoms with Gasteiger partial charge in [-0.05, 0) is 25.1 Å². The van der Waals surface area contributed by atoms with Crippen LogP contribution in [-0.2, 0) is 0 Å². The number of nitrogens with two attached hydrogens (primary N) is 1. The molecule has 2 aromatic rings. The predicted octanol–water partition coefficient (Wildman–Crippen LogP) is 0.617. The lowest BCUT2D eigenvalue weighted by molar-refractivity contribution is 0.717. The lowest BCUT2D eigenvalue weighted by Crippen LogP contribution is -2.08. The zero-order chi connectivity index (χ0) is 10.3. The van der Waals surface area contributed by atoms with Gasteiger partial charge in [-0.25, -0.2) is 9.97 Å². The van der Waals surface area contributed by atoms with E-state index in [1.54, 1.807) is 6.07 Å². The molecule has 3 rings (SSSR count). The highest BCUT2D eigenvalue weighted by Crippen LogP contribution is 2.21. The Labute approximate surface area is 87.1 Å². The van der Waals surface area contributed by atoms with Gasteiger partial charge in [0, 0.05) is 12.5 Å². The molecule has 78 valence electrons. The zero-order valence-electron chi connectivity index (χ0n) is 8.33. The normalized spacial score (nSPS) is 21.2. The van der Waals surface area contributed by atoms with E-state index in [0.29, 0.717) is 11.7 Å². The largest absolute Gasteiger partial charge is 0.384 e. The number of H-pyrrole nitrogens is 1. The summed E-state index contributed by atoms with van der Waals surface area (Å²) < 4.78 is 0. The fourth-order valence-electron chi connectivity index (χ4n) is 2.01. The highest BCUT2D eigenvalue weighted by atomic mass is 15.0. The van der Waals surface area contributed by atoms with Gasteiger partial charge in [0.1, 0.15) is 11.6 Å². The van der Waals surface area contributed by atoms with Crippen LogP contribution in [0, 0.1) is 0 Å². The number of nitrogens with zero attached hydrogens (tertiary/aromatic N) is 2. The molecule has 3 heterocycles. The number of anilines is 1.